The summed E-state index contributed by atoms with van der Waals surface area (Å²) in [6.45, 7) is 3.11. The summed E-state index contributed by atoms with van der Waals surface area (Å²) < 4.78 is 5.10. The Kier molecular flexibility index (Phi) is 4.29. The largest absolute Gasteiger partial charge is 0.465 e. The van der Waals surface area contributed by atoms with E-state index in [1.165, 1.54) is 0 Å². The average molecular weight is 181 g/mol. The maximum Gasteiger partial charge on any atom is 0.126 e. The van der Waals surface area contributed by atoms with Gasteiger partial charge in [0.25, 0.3) is 0 Å². The van der Waals surface area contributed by atoms with Crippen molar-refractivity contribution in [2.45, 2.75) is 13.0 Å². The SMILES string of the molecule is CC(O)CNC/C=C/c1ccco1. The normalized spacial score (nSPS) is 13.7. The quantitative estimate of drug-likeness (QED) is 0.672. The zero-order chi connectivity index (χ0) is 9.52. The summed E-state index contributed by atoms with van der Waals surface area (Å²) in [5.74, 6) is 0.846. The maximum atomic E-state index is 8.93. The van der Waals surface area contributed by atoms with Crippen LogP contribution in [0.15, 0.2) is 28.9 Å². The lowest BCUT2D eigenvalue weighted by molar-refractivity contribution is 0.193. The topological polar surface area (TPSA) is 45.4 Å². The van der Waals surface area contributed by atoms with Gasteiger partial charge in [-0.15, -0.1) is 0 Å². The molecule has 3 heteroatoms. The van der Waals surface area contributed by atoms with Crippen molar-refractivity contribution in [3.63, 3.8) is 0 Å². The molecule has 0 saturated heterocycles. The van der Waals surface area contributed by atoms with Crippen LogP contribution in [0.5, 0.6) is 0 Å². The van der Waals surface area contributed by atoms with Crippen LogP contribution in [0.2, 0.25) is 0 Å². The lowest BCUT2D eigenvalue weighted by atomic mass is 10.3. The van der Waals surface area contributed by atoms with Gasteiger partial charge in [-0.1, -0.05) is 6.08 Å². The van der Waals surface area contributed by atoms with Crippen LogP contribution in [0.1, 0.15) is 12.7 Å². The molecule has 0 aliphatic heterocycles. The first-order valence-corrected chi connectivity index (χ1v) is 4.38. The molecule has 0 amide bonds. The Hall–Kier alpha value is -1.06. The summed E-state index contributed by atoms with van der Waals surface area (Å²) in [4.78, 5) is 0. The molecule has 0 spiro atoms. The van der Waals surface area contributed by atoms with E-state index in [0.717, 1.165) is 12.3 Å². The smallest absolute Gasteiger partial charge is 0.126 e. The van der Waals surface area contributed by atoms with Crippen molar-refractivity contribution in [3.05, 3.63) is 30.2 Å². The first-order valence-electron chi connectivity index (χ1n) is 4.38. The van der Waals surface area contributed by atoms with Crippen LogP contribution >= 0.6 is 0 Å². The van der Waals surface area contributed by atoms with Gasteiger partial charge in [0.05, 0.1) is 12.4 Å². The van der Waals surface area contributed by atoms with E-state index < -0.39 is 0 Å². The molecule has 3 nitrogen and oxygen atoms in total. The second-order valence-corrected chi connectivity index (χ2v) is 2.93. The zero-order valence-corrected chi connectivity index (χ0v) is 7.73. The maximum absolute atomic E-state index is 8.93. The molecule has 72 valence electrons. The molecule has 0 bridgehead atoms. The van der Waals surface area contributed by atoms with Crippen molar-refractivity contribution in [2.75, 3.05) is 13.1 Å². The fourth-order valence-corrected chi connectivity index (χ4v) is 0.937. The molecular formula is C10H15NO2. The summed E-state index contributed by atoms with van der Waals surface area (Å²) in [7, 11) is 0. The van der Waals surface area contributed by atoms with E-state index in [0.29, 0.717) is 6.54 Å². The van der Waals surface area contributed by atoms with Gasteiger partial charge in [0.2, 0.25) is 0 Å². The summed E-state index contributed by atoms with van der Waals surface area (Å²) in [5, 5.41) is 12.0. The molecule has 0 saturated carbocycles. The van der Waals surface area contributed by atoms with Crippen molar-refractivity contribution < 1.29 is 9.52 Å². The summed E-state index contributed by atoms with van der Waals surface area (Å²) in [6, 6.07) is 3.74. The lowest BCUT2D eigenvalue weighted by Crippen LogP contribution is -2.24. The Morgan fingerprint density at radius 3 is 3.15 bits per heavy atom. The molecule has 2 N–H and O–H groups in total. The number of rotatable bonds is 5. The number of nitrogens with one attached hydrogen (secondary N) is 1. The Bertz CT molecular complexity index is 239. The Morgan fingerprint density at radius 1 is 1.69 bits per heavy atom. The van der Waals surface area contributed by atoms with Gasteiger partial charge in [0.15, 0.2) is 0 Å². The molecular weight excluding hydrogens is 166 g/mol. The molecule has 0 aliphatic rings. The third-order valence-electron chi connectivity index (χ3n) is 1.53. The minimum Gasteiger partial charge on any atom is -0.465 e. The Labute approximate surface area is 78.1 Å². The highest BCUT2D eigenvalue weighted by Gasteiger charge is 1.91. The second-order valence-electron chi connectivity index (χ2n) is 2.93. The number of aliphatic hydroxyl groups is 1. The zero-order valence-electron chi connectivity index (χ0n) is 7.73. The van der Waals surface area contributed by atoms with Crippen LogP contribution < -0.4 is 5.32 Å². The first kappa shape index (κ1) is 10.0. The van der Waals surface area contributed by atoms with Crippen molar-refractivity contribution >= 4 is 6.08 Å². The van der Waals surface area contributed by atoms with Crippen LogP contribution in [0, 0.1) is 0 Å². The summed E-state index contributed by atoms with van der Waals surface area (Å²) in [6.07, 6.45) is 5.20. The minimum absolute atomic E-state index is 0.294. The molecule has 1 rings (SSSR count). The monoisotopic (exact) mass is 181 g/mol. The molecule has 0 fully saturated rings. The minimum atomic E-state index is -0.294. The van der Waals surface area contributed by atoms with Crippen molar-refractivity contribution in [1.82, 2.24) is 5.32 Å². The predicted molar refractivity (Wildman–Crippen MR) is 52.3 cm³/mol. The Morgan fingerprint density at radius 2 is 2.54 bits per heavy atom. The van der Waals surface area contributed by atoms with Crippen molar-refractivity contribution in [1.29, 1.82) is 0 Å². The van der Waals surface area contributed by atoms with Gasteiger partial charge < -0.3 is 14.8 Å². The fourth-order valence-electron chi connectivity index (χ4n) is 0.937. The van der Waals surface area contributed by atoms with Gasteiger partial charge in [0.1, 0.15) is 5.76 Å². The molecule has 0 radical (unpaired) electrons. The number of furan rings is 1. The highest BCUT2D eigenvalue weighted by Crippen LogP contribution is 2.01. The molecule has 1 aromatic heterocycles. The van der Waals surface area contributed by atoms with Crippen LogP contribution in [-0.4, -0.2) is 24.3 Å². The van der Waals surface area contributed by atoms with E-state index in [-0.39, 0.29) is 6.10 Å². The van der Waals surface area contributed by atoms with Crippen LogP contribution in [0.3, 0.4) is 0 Å². The molecule has 1 heterocycles. The van der Waals surface area contributed by atoms with Gasteiger partial charge in [-0.2, -0.15) is 0 Å². The third kappa shape index (κ3) is 4.50. The van der Waals surface area contributed by atoms with E-state index in [1.54, 1.807) is 13.2 Å². The van der Waals surface area contributed by atoms with E-state index in [1.807, 2.05) is 24.3 Å². The molecule has 13 heavy (non-hydrogen) atoms. The lowest BCUT2D eigenvalue weighted by Gasteiger charge is -2.02. The summed E-state index contributed by atoms with van der Waals surface area (Å²) in [5.41, 5.74) is 0. The van der Waals surface area contributed by atoms with Crippen molar-refractivity contribution in [3.8, 4) is 0 Å². The molecule has 0 aliphatic carbocycles. The van der Waals surface area contributed by atoms with Crippen LogP contribution in [0.4, 0.5) is 0 Å². The van der Waals surface area contributed by atoms with Gasteiger partial charge in [-0.3, -0.25) is 0 Å². The number of hydrogen-bond donors (Lipinski definition) is 2. The third-order valence-corrected chi connectivity index (χ3v) is 1.53. The van der Waals surface area contributed by atoms with Gasteiger partial charge in [-0.25, -0.2) is 0 Å². The van der Waals surface area contributed by atoms with E-state index in [4.69, 9.17) is 9.52 Å². The highest BCUT2D eigenvalue weighted by molar-refractivity contribution is 5.42. The fraction of sp³-hybridized carbons (Fsp3) is 0.400. The average Bonchev–Trinajstić information content (AvgIpc) is 2.55. The second kappa shape index (κ2) is 5.56. The molecule has 1 aromatic rings. The number of hydrogen-bond acceptors (Lipinski definition) is 3. The van der Waals surface area contributed by atoms with Crippen LogP contribution in [-0.2, 0) is 0 Å². The van der Waals surface area contributed by atoms with Crippen LogP contribution in [0.25, 0.3) is 6.08 Å². The summed E-state index contributed by atoms with van der Waals surface area (Å²) >= 11 is 0. The van der Waals surface area contributed by atoms with Gasteiger partial charge in [-0.05, 0) is 25.1 Å². The van der Waals surface area contributed by atoms with Gasteiger partial charge >= 0.3 is 0 Å². The van der Waals surface area contributed by atoms with E-state index in [2.05, 4.69) is 5.32 Å². The van der Waals surface area contributed by atoms with Crippen molar-refractivity contribution in [2.24, 2.45) is 0 Å². The highest BCUT2D eigenvalue weighted by atomic mass is 16.3. The van der Waals surface area contributed by atoms with E-state index >= 15 is 0 Å². The molecule has 1 atom stereocenters. The standard InChI is InChI=1S/C10H15NO2/c1-9(12)8-11-6-2-4-10-5-3-7-13-10/h2-5,7,9,11-12H,6,8H2,1H3/b4-2+. The van der Waals surface area contributed by atoms with Gasteiger partial charge in [0, 0.05) is 13.1 Å². The number of aliphatic hydroxyl groups excluding tert-OH is 1. The predicted octanol–water partition coefficient (Wildman–Crippen LogP) is 1.26. The molecule has 0 aromatic carbocycles. The Balaban J connectivity index is 2.12. The first-order chi connectivity index (χ1) is 6.29. The van der Waals surface area contributed by atoms with E-state index in [9.17, 15) is 0 Å². The molecule has 1 unspecified atom stereocenters.